The summed E-state index contributed by atoms with van der Waals surface area (Å²) in [6.45, 7) is 4.07. The van der Waals surface area contributed by atoms with Crippen molar-refractivity contribution in [3.8, 4) is 0 Å². The Morgan fingerprint density at radius 2 is 1.83 bits per heavy atom. The van der Waals surface area contributed by atoms with Gasteiger partial charge in [0.15, 0.2) is 0 Å². The first-order chi connectivity index (χ1) is 8.58. The van der Waals surface area contributed by atoms with Crippen molar-refractivity contribution in [1.82, 2.24) is 0 Å². The van der Waals surface area contributed by atoms with Crippen LogP contribution in [0, 0.1) is 11.8 Å². The van der Waals surface area contributed by atoms with Crippen molar-refractivity contribution in [2.45, 2.75) is 33.1 Å². The molecule has 1 fully saturated rings. The third-order valence-electron chi connectivity index (χ3n) is 3.23. The zero-order valence-electron chi connectivity index (χ0n) is 11.0. The number of alkyl halides is 1. The minimum atomic E-state index is 0.237. The summed E-state index contributed by atoms with van der Waals surface area (Å²) in [5.41, 5.74) is 1.21. The van der Waals surface area contributed by atoms with Crippen LogP contribution in [0.2, 0.25) is 5.02 Å². The highest BCUT2D eigenvalue weighted by atomic mass is 79.9. The first kappa shape index (κ1) is 15.7. The monoisotopic (exact) mass is 330 g/mol. The Morgan fingerprint density at radius 3 is 2.28 bits per heavy atom. The van der Waals surface area contributed by atoms with E-state index in [-0.39, 0.29) is 11.8 Å². The Kier molecular flexibility index (Phi) is 6.95. The van der Waals surface area contributed by atoms with Gasteiger partial charge in [-0.2, -0.15) is 0 Å². The molecule has 1 nitrogen and oxygen atoms in total. The SMILES string of the molecule is CC1CCC(Cc2ccc(Cl)cc2)C1=O.CCBr. The van der Waals surface area contributed by atoms with E-state index in [2.05, 4.69) is 15.9 Å². The molecule has 2 unspecified atom stereocenters. The predicted molar refractivity (Wildman–Crippen MR) is 81.5 cm³/mol. The molecule has 0 aliphatic heterocycles. The molecule has 0 saturated heterocycles. The molecule has 18 heavy (non-hydrogen) atoms. The van der Waals surface area contributed by atoms with Crippen molar-refractivity contribution in [2.75, 3.05) is 5.33 Å². The highest BCUT2D eigenvalue weighted by Gasteiger charge is 2.30. The summed E-state index contributed by atoms with van der Waals surface area (Å²) in [4.78, 5) is 11.8. The zero-order valence-corrected chi connectivity index (χ0v) is 13.3. The number of hydrogen-bond donors (Lipinski definition) is 0. The van der Waals surface area contributed by atoms with Gasteiger partial charge in [0.1, 0.15) is 5.78 Å². The fraction of sp³-hybridized carbons (Fsp3) is 0.533. The summed E-state index contributed by atoms with van der Waals surface area (Å²) in [6.07, 6.45) is 2.97. The molecule has 1 saturated carbocycles. The normalized spacial score (nSPS) is 22.6. The highest BCUT2D eigenvalue weighted by molar-refractivity contribution is 9.09. The molecule has 1 aliphatic carbocycles. The van der Waals surface area contributed by atoms with Gasteiger partial charge in [0, 0.05) is 22.2 Å². The fourth-order valence-electron chi connectivity index (χ4n) is 2.25. The molecule has 2 rings (SSSR count). The molecule has 0 N–H and O–H groups in total. The predicted octanol–water partition coefficient (Wildman–Crippen LogP) is 4.90. The molecule has 0 aromatic heterocycles. The molecule has 100 valence electrons. The molecule has 3 heteroatoms. The maximum Gasteiger partial charge on any atom is 0.139 e. The summed E-state index contributed by atoms with van der Waals surface area (Å²) < 4.78 is 0. The smallest absolute Gasteiger partial charge is 0.139 e. The van der Waals surface area contributed by atoms with Crippen molar-refractivity contribution < 1.29 is 4.79 Å². The van der Waals surface area contributed by atoms with Crippen molar-refractivity contribution in [3.63, 3.8) is 0 Å². The van der Waals surface area contributed by atoms with Crippen molar-refractivity contribution in [2.24, 2.45) is 11.8 Å². The molecular weight excluding hydrogens is 312 g/mol. The molecule has 1 aromatic rings. The maximum atomic E-state index is 11.8. The van der Waals surface area contributed by atoms with Crippen LogP contribution in [0.25, 0.3) is 0 Å². The van der Waals surface area contributed by atoms with E-state index in [1.807, 2.05) is 38.1 Å². The summed E-state index contributed by atoms with van der Waals surface area (Å²) in [5, 5.41) is 1.82. The summed E-state index contributed by atoms with van der Waals surface area (Å²) in [6, 6.07) is 7.80. The van der Waals surface area contributed by atoms with Gasteiger partial charge in [0.25, 0.3) is 0 Å². The molecule has 0 heterocycles. The van der Waals surface area contributed by atoms with Crippen LogP contribution < -0.4 is 0 Å². The molecule has 1 aromatic carbocycles. The van der Waals surface area contributed by atoms with Crippen LogP contribution in [-0.2, 0) is 11.2 Å². The number of ketones is 1. The zero-order chi connectivity index (χ0) is 13.5. The van der Waals surface area contributed by atoms with Gasteiger partial charge in [-0.1, -0.05) is 53.5 Å². The van der Waals surface area contributed by atoms with Crippen molar-refractivity contribution in [3.05, 3.63) is 34.9 Å². The lowest BCUT2D eigenvalue weighted by molar-refractivity contribution is -0.123. The van der Waals surface area contributed by atoms with E-state index in [4.69, 9.17) is 11.6 Å². The minimum Gasteiger partial charge on any atom is -0.299 e. The second-order valence-electron chi connectivity index (χ2n) is 4.68. The number of carbonyl (C=O) groups excluding carboxylic acids is 1. The van der Waals surface area contributed by atoms with Gasteiger partial charge in [0.2, 0.25) is 0 Å². The van der Waals surface area contributed by atoms with Crippen LogP contribution in [0.4, 0.5) is 0 Å². The summed E-state index contributed by atoms with van der Waals surface area (Å²) in [5.74, 6) is 0.938. The average molecular weight is 332 g/mol. The van der Waals surface area contributed by atoms with Gasteiger partial charge >= 0.3 is 0 Å². The number of carbonyl (C=O) groups is 1. The maximum absolute atomic E-state index is 11.8. The summed E-state index contributed by atoms with van der Waals surface area (Å²) in [7, 11) is 0. The van der Waals surface area contributed by atoms with Gasteiger partial charge < -0.3 is 0 Å². The fourth-order valence-corrected chi connectivity index (χ4v) is 2.37. The Morgan fingerprint density at radius 1 is 1.28 bits per heavy atom. The number of hydrogen-bond acceptors (Lipinski definition) is 1. The van der Waals surface area contributed by atoms with Crippen LogP contribution in [0.15, 0.2) is 24.3 Å². The van der Waals surface area contributed by atoms with Crippen LogP contribution in [0.1, 0.15) is 32.3 Å². The van der Waals surface area contributed by atoms with Crippen LogP contribution in [-0.4, -0.2) is 11.1 Å². The van der Waals surface area contributed by atoms with Crippen molar-refractivity contribution >= 4 is 33.3 Å². The lowest BCUT2D eigenvalue weighted by Crippen LogP contribution is -2.13. The summed E-state index contributed by atoms with van der Waals surface area (Å²) >= 11 is 8.96. The third-order valence-corrected chi connectivity index (χ3v) is 3.48. The largest absolute Gasteiger partial charge is 0.299 e. The molecule has 2 atom stereocenters. The van der Waals surface area contributed by atoms with E-state index in [0.717, 1.165) is 29.6 Å². The standard InChI is InChI=1S/C13H15ClO.C2H5Br/c1-9-2-5-11(13(9)15)8-10-3-6-12(14)7-4-10;1-2-3/h3-4,6-7,9,11H,2,5,8H2,1H3;2H2,1H3. The van der Waals surface area contributed by atoms with Gasteiger partial charge in [0.05, 0.1) is 0 Å². The van der Waals surface area contributed by atoms with E-state index >= 15 is 0 Å². The Hall–Kier alpha value is -0.340. The molecule has 0 spiro atoms. The van der Waals surface area contributed by atoms with E-state index in [1.54, 1.807) is 0 Å². The lowest BCUT2D eigenvalue weighted by atomic mass is 9.96. The number of benzene rings is 1. The van der Waals surface area contributed by atoms with E-state index < -0.39 is 0 Å². The van der Waals surface area contributed by atoms with E-state index in [9.17, 15) is 4.79 Å². The average Bonchev–Trinajstić information content (AvgIpc) is 2.65. The van der Waals surface area contributed by atoms with Crippen LogP contribution in [0.5, 0.6) is 0 Å². The number of halogens is 2. The quantitative estimate of drug-likeness (QED) is 0.705. The van der Waals surface area contributed by atoms with Crippen LogP contribution in [0.3, 0.4) is 0 Å². The third kappa shape index (κ3) is 4.74. The Balaban J connectivity index is 0.000000492. The van der Waals surface area contributed by atoms with Gasteiger partial charge in [-0.15, -0.1) is 0 Å². The Labute approximate surface area is 123 Å². The first-order valence-corrected chi connectivity index (χ1v) is 7.92. The number of Topliss-reactive ketones (excluding diaryl/α,β-unsaturated/α-hetero) is 1. The van der Waals surface area contributed by atoms with Gasteiger partial charge in [-0.3, -0.25) is 4.79 Å². The molecular formula is C15H20BrClO. The highest BCUT2D eigenvalue weighted by Crippen LogP contribution is 2.29. The second-order valence-corrected chi connectivity index (χ2v) is 6.23. The minimum absolute atomic E-state index is 0.237. The van der Waals surface area contributed by atoms with Gasteiger partial charge in [-0.05, 0) is 37.0 Å². The first-order valence-electron chi connectivity index (χ1n) is 6.42. The van der Waals surface area contributed by atoms with Crippen LogP contribution >= 0.6 is 27.5 Å². The molecule has 0 amide bonds. The lowest BCUT2D eigenvalue weighted by Gasteiger charge is -2.08. The Bertz CT molecular complexity index is 375. The number of rotatable bonds is 2. The molecule has 1 aliphatic rings. The van der Waals surface area contributed by atoms with E-state index in [0.29, 0.717) is 5.78 Å². The second kappa shape index (κ2) is 7.96. The molecule has 0 radical (unpaired) electrons. The van der Waals surface area contributed by atoms with Gasteiger partial charge in [-0.25, -0.2) is 0 Å². The van der Waals surface area contributed by atoms with Crippen molar-refractivity contribution in [1.29, 1.82) is 0 Å². The van der Waals surface area contributed by atoms with E-state index in [1.165, 1.54) is 5.56 Å². The topological polar surface area (TPSA) is 17.1 Å². The molecule has 0 bridgehead atoms.